The van der Waals surface area contributed by atoms with Gasteiger partial charge in [-0.2, -0.15) is 0 Å². The van der Waals surface area contributed by atoms with Crippen LogP contribution in [0.25, 0.3) is 0 Å². The number of ether oxygens (including phenoxy) is 2. The molecule has 1 aromatic carbocycles. The van der Waals surface area contributed by atoms with Crippen molar-refractivity contribution in [3.8, 4) is 0 Å². The van der Waals surface area contributed by atoms with E-state index in [1.165, 1.54) is 6.07 Å². The molecule has 2 fully saturated rings. The Morgan fingerprint density at radius 3 is 2.69 bits per heavy atom. The van der Waals surface area contributed by atoms with Gasteiger partial charge in [0.2, 0.25) is 0 Å². The maximum atomic E-state index is 14.9. The number of hydrogen-bond acceptors (Lipinski definition) is 5. The minimum absolute atomic E-state index is 0.0718. The highest BCUT2D eigenvalue weighted by molar-refractivity contribution is 5.69. The molecule has 2 aliphatic carbocycles. The fourth-order valence-corrected chi connectivity index (χ4v) is 4.21. The summed E-state index contributed by atoms with van der Waals surface area (Å²) in [7, 11) is 0. The van der Waals surface area contributed by atoms with E-state index in [1.54, 1.807) is 0 Å². The highest BCUT2D eigenvalue weighted by Gasteiger charge is 2.79. The van der Waals surface area contributed by atoms with Gasteiger partial charge in [0.05, 0.1) is 31.3 Å². The Morgan fingerprint density at radius 2 is 2.08 bits per heavy atom. The van der Waals surface area contributed by atoms with E-state index < -0.39 is 60.0 Å². The molecule has 144 valence electrons. The van der Waals surface area contributed by atoms with Crippen molar-refractivity contribution in [2.75, 3.05) is 13.4 Å². The van der Waals surface area contributed by atoms with E-state index in [1.807, 2.05) is 0 Å². The highest BCUT2D eigenvalue weighted by atomic mass is 19.2. The van der Waals surface area contributed by atoms with Gasteiger partial charge in [-0.3, -0.25) is 4.79 Å². The molecule has 5 atom stereocenters. The Balaban J connectivity index is 1.71. The molecule has 2 saturated carbocycles. The van der Waals surface area contributed by atoms with Crippen LogP contribution >= 0.6 is 0 Å². The number of hydrogen-bond donors (Lipinski definition) is 3. The summed E-state index contributed by atoms with van der Waals surface area (Å²) < 4.78 is 51.8. The molecule has 6 nitrogen and oxygen atoms in total. The predicted octanol–water partition coefficient (Wildman–Crippen LogP) is 1.35. The number of aliphatic hydroxyl groups excluding tert-OH is 1. The summed E-state index contributed by atoms with van der Waals surface area (Å²) in [6.45, 7) is -0.902. The monoisotopic (exact) mass is 375 g/mol. The number of aliphatic carboxylic acids is 1. The van der Waals surface area contributed by atoms with Gasteiger partial charge in [-0.25, -0.2) is 13.2 Å². The second-order valence-electron chi connectivity index (χ2n) is 6.96. The minimum atomic E-state index is -1.93. The van der Waals surface area contributed by atoms with Crippen LogP contribution in [-0.4, -0.2) is 46.9 Å². The third-order valence-electron chi connectivity index (χ3n) is 5.37. The van der Waals surface area contributed by atoms with Crippen LogP contribution in [0.5, 0.6) is 0 Å². The molecule has 3 rings (SSSR count). The van der Waals surface area contributed by atoms with Crippen LogP contribution < -0.4 is 5.73 Å². The number of carboxylic acid groups (broad SMARTS) is 1. The number of benzene rings is 1. The predicted molar refractivity (Wildman–Crippen MR) is 82.6 cm³/mol. The molecule has 0 bridgehead atoms. The van der Waals surface area contributed by atoms with Gasteiger partial charge in [0.15, 0.2) is 11.6 Å². The first-order chi connectivity index (χ1) is 12.2. The molecule has 0 unspecified atom stereocenters. The number of aliphatic hydroxyl groups is 1. The number of alkyl halides is 1. The standard InChI is InChI=1S/C17H20F3NO5/c18-11-2-1-9(3-12(11)19)6-26-13-4-10-15(16(10,20)5-14(23)24)17(13,21)7-25-8-22/h1-3,10,13,15,22H,4-8,21H2,(H,23,24)/t10-,13-,15+,16-,17+/m1/s1. The number of nitrogens with two attached hydrogens (primary N) is 1. The third kappa shape index (κ3) is 3.20. The lowest BCUT2D eigenvalue weighted by atomic mass is 9.87. The average Bonchev–Trinajstić information content (AvgIpc) is 3.00. The van der Waals surface area contributed by atoms with E-state index in [0.29, 0.717) is 5.56 Å². The second-order valence-corrected chi connectivity index (χ2v) is 6.96. The van der Waals surface area contributed by atoms with Crippen molar-refractivity contribution in [3.05, 3.63) is 35.4 Å². The van der Waals surface area contributed by atoms with Crippen molar-refractivity contribution in [1.82, 2.24) is 0 Å². The number of halogens is 3. The molecular weight excluding hydrogens is 355 g/mol. The molecule has 1 aromatic rings. The number of carbonyl (C=O) groups is 1. The van der Waals surface area contributed by atoms with Crippen molar-refractivity contribution in [2.45, 2.75) is 36.8 Å². The average molecular weight is 375 g/mol. The lowest BCUT2D eigenvalue weighted by Crippen LogP contribution is -2.57. The molecule has 2 aliphatic rings. The SMILES string of the molecule is N[C@]1(COCO)[C@H]2[C@@H](C[C@H]1OCc1ccc(F)c(F)c1)[C@]2(F)CC(=O)O. The first kappa shape index (κ1) is 19.1. The first-order valence-electron chi connectivity index (χ1n) is 8.16. The number of fused-ring (bicyclic) bond motifs is 1. The normalized spacial score (nSPS) is 35.3. The summed E-state index contributed by atoms with van der Waals surface area (Å²) in [5.41, 5.74) is 3.44. The lowest BCUT2D eigenvalue weighted by Gasteiger charge is -2.35. The molecule has 0 aromatic heterocycles. The molecular formula is C17H20F3NO5. The Bertz CT molecular complexity index is 705. The third-order valence-corrected chi connectivity index (χ3v) is 5.37. The number of rotatable bonds is 8. The molecule has 0 radical (unpaired) electrons. The van der Waals surface area contributed by atoms with Crippen LogP contribution in [0.4, 0.5) is 13.2 Å². The van der Waals surface area contributed by atoms with Gasteiger partial charge in [-0.1, -0.05) is 6.07 Å². The van der Waals surface area contributed by atoms with E-state index in [0.717, 1.165) is 12.1 Å². The second kappa shape index (κ2) is 6.80. The molecule has 0 aliphatic heterocycles. The summed E-state index contributed by atoms with van der Waals surface area (Å²) in [5, 5.41) is 17.8. The van der Waals surface area contributed by atoms with Crippen molar-refractivity contribution >= 4 is 5.97 Å². The van der Waals surface area contributed by atoms with E-state index in [9.17, 15) is 18.0 Å². The molecule has 0 amide bonds. The van der Waals surface area contributed by atoms with Gasteiger partial charge in [-0.05, 0) is 24.1 Å². The van der Waals surface area contributed by atoms with Crippen molar-refractivity contribution < 1.29 is 37.7 Å². The topological polar surface area (TPSA) is 102 Å². The largest absolute Gasteiger partial charge is 0.481 e. The number of carboxylic acids is 1. The van der Waals surface area contributed by atoms with Gasteiger partial charge in [0, 0.05) is 11.8 Å². The van der Waals surface area contributed by atoms with Crippen LogP contribution in [0.1, 0.15) is 18.4 Å². The van der Waals surface area contributed by atoms with Crippen LogP contribution in [0.3, 0.4) is 0 Å². The maximum absolute atomic E-state index is 14.9. The molecule has 26 heavy (non-hydrogen) atoms. The van der Waals surface area contributed by atoms with Crippen LogP contribution in [0, 0.1) is 23.5 Å². The minimum Gasteiger partial charge on any atom is -0.481 e. The van der Waals surface area contributed by atoms with E-state index >= 15 is 0 Å². The van der Waals surface area contributed by atoms with Crippen molar-refractivity contribution in [1.29, 1.82) is 0 Å². The zero-order valence-corrected chi connectivity index (χ0v) is 13.8. The Morgan fingerprint density at radius 1 is 1.35 bits per heavy atom. The fourth-order valence-electron chi connectivity index (χ4n) is 4.21. The van der Waals surface area contributed by atoms with Crippen molar-refractivity contribution in [2.24, 2.45) is 17.6 Å². The summed E-state index contributed by atoms with van der Waals surface area (Å²) in [4.78, 5) is 10.9. The van der Waals surface area contributed by atoms with Crippen LogP contribution in [0.2, 0.25) is 0 Å². The summed E-state index contributed by atoms with van der Waals surface area (Å²) in [6, 6.07) is 3.34. The summed E-state index contributed by atoms with van der Waals surface area (Å²) in [6.07, 6.45) is -1.14. The lowest BCUT2D eigenvalue weighted by molar-refractivity contribution is -0.140. The maximum Gasteiger partial charge on any atom is 0.306 e. The van der Waals surface area contributed by atoms with Crippen LogP contribution in [-0.2, 0) is 20.9 Å². The quantitative estimate of drug-likeness (QED) is 0.593. The van der Waals surface area contributed by atoms with E-state index in [-0.39, 0.29) is 19.6 Å². The summed E-state index contributed by atoms with van der Waals surface area (Å²) in [5.74, 6) is -4.59. The Hall–Kier alpha value is -1.68. The van der Waals surface area contributed by atoms with Crippen LogP contribution in [0.15, 0.2) is 18.2 Å². The van der Waals surface area contributed by atoms with Gasteiger partial charge < -0.3 is 25.4 Å². The molecule has 4 N–H and O–H groups in total. The van der Waals surface area contributed by atoms with Gasteiger partial charge in [0.25, 0.3) is 0 Å². The molecule has 9 heteroatoms. The first-order valence-corrected chi connectivity index (χ1v) is 8.16. The zero-order chi connectivity index (χ0) is 19.1. The molecule has 0 spiro atoms. The van der Waals surface area contributed by atoms with Gasteiger partial charge >= 0.3 is 5.97 Å². The zero-order valence-electron chi connectivity index (χ0n) is 13.8. The molecule has 0 saturated heterocycles. The van der Waals surface area contributed by atoms with Gasteiger partial charge in [0.1, 0.15) is 12.5 Å². The van der Waals surface area contributed by atoms with E-state index in [2.05, 4.69) is 0 Å². The highest BCUT2D eigenvalue weighted by Crippen LogP contribution is 2.68. The van der Waals surface area contributed by atoms with Crippen molar-refractivity contribution in [3.63, 3.8) is 0 Å². The Kier molecular flexibility index (Phi) is 5.00. The Labute approximate surface area is 147 Å². The van der Waals surface area contributed by atoms with E-state index in [4.69, 9.17) is 25.4 Å². The molecule has 0 heterocycles. The smallest absolute Gasteiger partial charge is 0.306 e. The fraction of sp³-hybridized carbons (Fsp3) is 0.588. The summed E-state index contributed by atoms with van der Waals surface area (Å²) >= 11 is 0. The van der Waals surface area contributed by atoms with Gasteiger partial charge in [-0.15, -0.1) is 0 Å².